The van der Waals surface area contributed by atoms with E-state index in [2.05, 4.69) is 5.32 Å². The molecule has 3 rings (SSSR count). The number of rotatable bonds is 8. The molecule has 1 N–H and O–H groups in total. The van der Waals surface area contributed by atoms with Gasteiger partial charge in [0.1, 0.15) is 11.5 Å². The van der Waals surface area contributed by atoms with E-state index in [1.807, 2.05) is 56.3 Å². The number of hydrogen-bond donors (Lipinski definition) is 1. The van der Waals surface area contributed by atoms with Crippen molar-refractivity contribution in [3.63, 3.8) is 0 Å². The molecule has 3 aromatic carbocycles. The van der Waals surface area contributed by atoms with Gasteiger partial charge in [0.05, 0.1) is 34.1 Å². The van der Waals surface area contributed by atoms with Gasteiger partial charge in [0.25, 0.3) is 0 Å². The van der Waals surface area contributed by atoms with Gasteiger partial charge in [-0.25, -0.2) is 4.79 Å². The molecule has 0 radical (unpaired) electrons. The van der Waals surface area contributed by atoms with Gasteiger partial charge in [0, 0.05) is 0 Å². The summed E-state index contributed by atoms with van der Waals surface area (Å²) >= 11 is 0. The van der Waals surface area contributed by atoms with Gasteiger partial charge < -0.3 is 23.7 Å². The quantitative estimate of drug-likeness (QED) is 0.406. The van der Waals surface area contributed by atoms with Crippen molar-refractivity contribution < 1.29 is 28.5 Å². The summed E-state index contributed by atoms with van der Waals surface area (Å²) in [5, 5.41) is 2.76. The van der Waals surface area contributed by atoms with E-state index >= 15 is 0 Å². The molecular weight excluding hydrogens is 434 g/mol. The summed E-state index contributed by atoms with van der Waals surface area (Å²) in [7, 11) is 6.25. The van der Waals surface area contributed by atoms with Gasteiger partial charge in [0.2, 0.25) is 5.75 Å². The second-order valence-corrected chi connectivity index (χ2v) is 7.51. The Kier molecular flexibility index (Phi) is 8.03. The molecule has 1 amide bonds. The summed E-state index contributed by atoms with van der Waals surface area (Å²) < 4.78 is 27.0. The predicted molar refractivity (Wildman–Crippen MR) is 134 cm³/mol. The van der Waals surface area contributed by atoms with Gasteiger partial charge in [-0.05, 0) is 72.5 Å². The molecule has 7 nitrogen and oxygen atoms in total. The molecule has 7 heteroatoms. The monoisotopic (exact) mass is 463 g/mol. The van der Waals surface area contributed by atoms with Crippen molar-refractivity contribution in [3.05, 3.63) is 70.8 Å². The van der Waals surface area contributed by atoms with Crippen LogP contribution in [0.5, 0.6) is 28.7 Å². The van der Waals surface area contributed by atoms with Gasteiger partial charge in [-0.3, -0.25) is 5.32 Å². The van der Waals surface area contributed by atoms with Crippen LogP contribution in [0.1, 0.15) is 22.3 Å². The van der Waals surface area contributed by atoms with Crippen LogP contribution in [0.4, 0.5) is 10.5 Å². The van der Waals surface area contributed by atoms with Crippen LogP contribution < -0.4 is 29.0 Å². The van der Waals surface area contributed by atoms with Gasteiger partial charge in [-0.15, -0.1) is 0 Å². The lowest BCUT2D eigenvalue weighted by Gasteiger charge is -2.13. The average molecular weight is 464 g/mol. The standard InChI is InChI=1S/C27H29NO6/c1-17-7-11-21(13-18(17)2)34-27(29)28-22-14-19(10-12-23(22)30-3)8-9-20-15-24(31-4)26(33-6)25(16-20)32-5/h7-16H,1-6H3,(H,28,29)/b9-8-. The van der Waals surface area contributed by atoms with Crippen molar-refractivity contribution in [2.75, 3.05) is 33.8 Å². The number of aryl methyl sites for hydroxylation is 2. The van der Waals surface area contributed by atoms with Gasteiger partial charge in [-0.2, -0.15) is 0 Å². The van der Waals surface area contributed by atoms with E-state index in [-0.39, 0.29) is 0 Å². The van der Waals surface area contributed by atoms with Gasteiger partial charge in [0.15, 0.2) is 11.5 Å². The van der Waals surface area contributed by atoms with Crippen LogP contribution in [0.15, 0.2) is 48.5 Å². The third-order valence-electron chi connectivity index (χ3n) is 5.30. The molecule has 0 spiro atoms. The van der Waals surface area contributed by atoms with Crippen LogP contribution >= 0.6 is 0 Å². The van der Waals surface area contributed by atoms with Crippen LogP contribution in [-0.4, -0.2) is 34.5 Å². The van der Waals surface area contributed by atoms with Crippen molar-refractivity contribution in [3.8, 4) is 28.7 Å². The number of benzene rings is 3. The Morgan fingerprint density at radius 3 is 1.94 bits per heavy atom. The number of amides is 1. The summed E-state index contributed by atoms with van der Waals surface area (Å²) in [5.41, 5.74) is 4.36. The molecule has 0 fully saturated rings. The summed E-state index contributed by atoms with van der Waals surface area (Å²) in [6, 6.07) is 14.6. The van der Waals surface area contributed by atoms with Gasteiger partial charge in [-0.1, -0.05) is 24.3 Å². The minimum absolute atomic E-state index is 0.470. The molecule has 3 aromatic rings. The summed E-state index contributed by atoms with van der Waals surface area (Å²) in [6.07, 6.45) is 3.20. The highest BCUT2D eigenvalue weighted by atomic mass is 16.6. The molecule has 0 aliphatic carbocycles. The lowest BCUT2D eigenvalue weighted by molar-refractivity contribution is 0.215. The number of carbonyl (C=O) groups is 1. The normalized spacial score (nSPS) is 10.6. The number of ether oxygens (including phenoxy) is 5. The largest absolute Gasteiger partial charge is 0.495 e. The van der Waals surface area contributed by atoms with Crippen molar-refractivity contribution in [1.29, 1.82) is 0 Å². The molecule has 0 unspecified atom stereocenters. The maximum Gasteiger partial charge on any atom is 0.417 e. The molecule has 0 atom stereocenters. The van der Waals surface area contributed by atoms with Crippen LogP contribution in [-0.2, 0) is 0 Å². The van der Waals surface area contributed by atoms with E-state index in [9.17, 15) is 4.79 Å². The molecule has 0 bridgehead atoms. The second-order valence-electron chi connectivity index (χ2n) is 7.51. The number of carbonyl (C=O) groups excluding carboxylic acids is 1. The van der Waals surface area contributed by atoms with E-state index in [0.717, 1.165) is 22.3 Å². The van der Waals surface area contributed by atoms with E-state index in [1.54, 1.807) is 46.6 Å². The van der Waals surface area contributed by atoms with Crippen LogP contribution in [0, 0.1) is 13.8 Å². The summed E-state index contributed by atoms with van der Waals surface area (Å²) in [5.74, 6) is 2.64. The number of methoxy groups -OCH3 is 4. The van der Waals surface area contributed by atoms with Crippen LogP contribution in [0.25, 0.3) is 12.2 Å². The first kappa shape index (κ1) is 24.5. The molecule has 0 saturated carbocycles. The predicted octanol–water partition coefficient (Wildman–Crippen LogP) is 6.12. The number of hydrogen-bond acceptors (Lipinski definition) is 6. The fourth-order valence-corrected chi connectivity index (χ4v) is 3.34. The first-order chi connectivity index (χ1) is 16.4. The highest BCUT2D eigenvalue weighted by Crippen LogP contribution is 2.38. The fraction of sp³-hybridized carbons (Fsp3) is 0.222. The van der Waals surface area contributed by atoms with Crippen molar-refractivity contribution in [2.45, 2.75) is 13.8 Å². The Morgan fingerprint density at radius 1 is 0.706 bits per heavy atom. The summed E-state index contributed by atoms with van der Waals surface area (Å²) in [4.78, 5) is 12.5. The van der Waals surface area contributed by atoms with Crippen molar-refractivity contribution >= 4 is 23.9 Å². The van der Waals surface area contributed by atoms with Crippen molar-refractivity contribution in [2.24, 2.45) is 0 Å². The third kappa shape index (κ3) is 5.81. The fourth-order valence-electron chi connectivity index (χ4n) is 3.34. The zero-order chi connectivity index (χ0) is 24.7. The maximum atomic E-state index is 12.5. The highest BCUT2D eigenvalue weighted by molar-refractivity contribution is 5.89. The first-order valence-electron chi connectivity index (χ1n) is 10.6. The second kappa shape index (κ2) is 11.1. The molecule has 178 valence electrons. The smallest absolute Gasteiger partial charge is 0.417 e. The molecule has 0 aliphatic heterocycles. The van der Waals surface area contributed by atoms with E-state index in [0.29, 0.717) is 34.4 Å². The molecule has 0 saturated heterocycles. The Morgan fingerprint density at radius 2 is 1.35 bits per heavy atom. The lowest BCUT2D eigenvalue weighted by Crippen LogP contribution is -2.17. The van der Waals surface area contributed by atoms with Crippen molar-refractivity contribution in [1.82, 2.24) is 0 Å². The Balaban J connectivity index is 1.81. The molecule has 34 heavy (non-hydrogen) atoms. The van der Waals surface area contributed by atoms with E-state index < -0.39 is 6.09 Å². The molecular formula is C27H29NO6. The Labute approximate surface area is 199 Å². The minimum atomic E-state index is -0.604. The minimum Gasteiger partial charge on any atom is -0.495 e. The molecule has 0 aliphatic rings. The van der Waals surface area contributed by atoms with E-state index in [1.165, 1.54) is 0 Å². The lowest BCUT2D eigenvalue weighted by atomic mass is 10.1. The summed E-state index contributed by atoms with van der Waals surface area (Å²) in [6.45, 7) is 3.97. The Hall–Kier alpha value is -4.13. The molecule has 0 heterocycles. The van der Waals surface area contributed by atoms with E-state index in [4.69, 9.17) is 23.7 Å². The van der Waals surface area contributed by atoms with Crippen LogP contribution in [0.2, 0.25) is 0 Å². The zero-order valence-corrected chi connectivity index (χ0v) is 20.2. The number of anilines is 1. The van der Waals surface area contributed by atoms with Gasteiger partial charge >= 0.3 is 6.09 Å². The van der Waals surface area contributed by atoms with Crippen LogP contribution in [0.3, 0.4) is 0 Å². The third-order valence-corrected chi connectivity index (χ3v) is 5.30. The number of nitrogens with one attached hydrogen (secondary N) is 1. The zero-order valence-electron chi connectivity index (χ0n) is 20.2. The first-order valence-corrected chi connectivity index (χ1v) is 10.6. The topological polar surface area (TPSA) is 75.3 Å². The Bertz CT molecular complexity index is 1180. The average Bonchev–Trinajstić information content (AvgIpc) is 2.84. The highest BCUT2D eigenvalue weighted by Gasteiger charge is 2.13. The SMILES string of the molecule is COc1ccc(/C=C\c2cc(OC)c(OC)c(OC)c2)cc1NC(=O)Oc1ccc(C)c(C)c1. The molecule has 0 aromatic heterocycles. The maximum absolute atomic E-state index is 12.5.